The van der Waals surface area contributed by atoms with Crippen molar-refractivity contribution in [3.05, 3.63) is 17.7 Å². The third kappa shape index (κ3) is 4.66. The van der Waals surface area contributed by atoms with Gasteiger partial charge in [0, 0.05) is 20.3 Å². The fraction of sp³-hybridized carbons (Fsp3) is 0.462. The Morgan fingerprint density at radius 3 is 2.26 bits per heavy atom. The van der Waals surface area contributed by atoms with Gasteiger partial charge in [0.25, 0.3) is 0 Å². The molecule has 0 bridgehead atoms. The molecule has 0 aromatic heterocycles. The topological polar surface area (TPSA) is 86.7 Å². The Morgan fingerprint density at radius 1 is 1.05 bits per heavy atom. The highest BCUT2D eigenvalue weighted by Crippen LogP contribution is 2.35. The minimum atomic E-state index is 0.353. The second-order valence-electron chi connectivity index (χ2n) is 3.69. The summed E-state index contributed by atoms with van der Waals surface area (Å²) in [6, 6.07) is 5.16. The molecule has 0 unspecified atom stereocenters. The molecule has 19 heavy (non-hydrogen) atoms. The van der Waals surface area contributed by atoms with Crippen LogP contribution in [-0.2, 0) is 9.47 Å². The van der Waals surface area contributed by atoms with Crippen molar-refractivity contribution in [1.29, 1.82) is 5.26 Å². The maximum atomic E-state index is 8.92. The molecule has 0 saturated carbocycles. The van der Waals surface area contributed by atoms with Crippen LogP contribution in [0.2, 0.25) is 0 Å². The van der Waals surface area contributed by atoms with Crippen molar-refractivity contribution in [3.8, 4) is 17.6 Å². The molecule has 0 spiro atoms. The molecule has 0 heterocycles. The summed E-state index contributed by atoms with van der Waals surface area (Å²) in [5, 5.41) is 8.92. The molecular formula is C13H18N2O4. The summed E-state index contributed by atoms with van der Waals surface area (Å²) < 4.78 is 20.8. The number of anilines is 1. The number of methoxy groups -OCH3 is 2. The van der Waals surface area contributed by atoms with E-state index in [9.17, 15) is 0 Å². The van der Waals surface area contributed by atoms with Crippen molar-refractivity contribution in [1.82, 2.24) is 0 Å². The van der Waals surface area contributed by atoms with Crippen LogP contribution in [0.4, 0.5) is 5.69 Å². The standard InChI is InChI=1S/C13H18N2O4/c1-16-3-5-18-12-8-10(9-14)7-11(15)13(12)19-6-4-17-2/h7-8H,3-6,15H2,1-2H3. The van der Waals surface area contributed by atoms with Gasteiger partial charge in [0.05, 0.1) is 30.5 Å². The van der Waals surface area contributed by atoms with Crippen LogP contribution in [0, 0.1) is 11.3 Å². The van der Waals surface area contributed by atoms with E-state index in [2.05, 4.69) is 0 Å². The number of nitriles is 1. The van der Waals surface area contributed by atoms with E-state index in [4.69, 9.17) is 29.9 Å². The molecule has 0 aliphatic rings. The third-order valence-corrected chi connectivity index (χ3v) is 2.29. The lowest BCUT2D eigenvalue weighted by atomic mass is 10.2. The van der Waals surface area contributed by atoms with Crippen LogP contribution in [0.1, 0.15) is 5.56 Å². The van der Waals surface area contributed by atoms with E-state index in [0.717, 1.165) is 0 Å². The predicted molar refractivity (Wildman–Crippen MR) is 70.3 cm³/mol. The Kier molecular flexibility index (Phi) is 6.50. The van der Waals surface area contributed by atoms with E-state index >= 15 is 0 Å². The number of hydrogen-bond acceptors (Lipinski definition) is 6. The normalized spacial score (nSPS) is 9.95. The van der Waals surface area contributed by atoms with Gasteiger partial charge in [0.15, 0.2) is 11.5 Å². The summed E-state index contributed by atoms with van der Waals surface area (Å²) in [4.78, 5) is 0. The van der Waals surface area contributed by atoms with Crippen molar-refractivity contribution in [3.63, 3.8) is 0 Å². The molecule has 0 aliphatic carbocycles. The Bertz CT molecular complexity index is 443. The third-order valence-electron chi connectivity index (χ3n) is 2.29. The number of rotatable bonds is 8. The number of nitrogen functional groups attached to an aromatic ring is 1. The first kappa shape index (κ1) is 15.1. The van der Waals surface area contributed by atoms with E-state index in [1.807, 2.05) is 6.07 Å². The Labute approximate surface area is 112 Å². The Morgan fingerprint density at radius 2 is 1.68 bits per heavy atom. The van der Waals surface area contributed by atoms with Gasteiger partial charge in [-0.2, -0.15) is 5.26 Å². The highest BCUT2D eigenvalue weighted by atomic mass is 16.5. The summed E-state index contributed by atoms with van der Waals surface area (Å²) in [5.74, 6) is 0.858. The minimum absolute atomic E-state index is 0.353. The molecule has 1 aromatic rings. The van der Waals surface area contributed by atoms with Crippen molar-refractivity contribution in [2.75, 3.05) is 46.4 Å². The van der Waals surface area contributed by atoms with E-state index in [1.54, 1.807) is 26.4 Å². The average Bonchev–Trinajstić information content (AvgIpc) is 2.41. The van der Waals surface area contributed by atoms with Crippen LogP contribution in [0.25, 0.3) is 0 Å². The van der Waals surface area contributed by atoms with Crippen LogP contribution < -0.4 is 15.2 Å². The van der Waals surface area contributed by atoms with Crippen molar-refractivity contribution in [2.24, 2.45) is 0 Å². The molecule has 6 heteroatoms. The summed E-state index contributed by atoms with van der Waals surface area (Å²) in [6.45, 7) is 1.59. The number of hydrogen-bond donors (Lipinski definition) is 1. The first-order chi connectivity index (χ1) is 9.22. The molecule has 0 radical (unpaired) electrons. The SMILES string of the molecule is COCCOc1cc(C#N)cc(N)c1OCCOC. The quantitative estimate of drug-likeness (QED) is 0.562. The summed E-state index contributed by atoms with van der Waals surface area (Å²) in [6.07, 6.45) is 0. The number of ether oxygens (including phenoxy) is 4. The van der Waals surface area contributed by atoms with Crippen LogP contribution in [0.3, 0.4) is 0 Å². The lowest BCUT2D eigenvalue weighted by molar-refractivity contribution is 0.132. The average molecular weight is 266 g/mol. The smallest absolute Gasteiger partial charge is 0.184 e. The minimum Gasteiger partial charge on any atom is -0.487 e. The monoisotopic (exact) mass is 266 g/mol. The van der Waals surface area contributed by atoms with Gasteiger partial charge in [0.1, 0.15) is 13.2 Å². The summed E-state index contributed by atoms with van der Waals surface area (Å²) >= 11 is 0. The molecule has 0 amide bonds. The van der Waals surface area contributed by atoms with E-state index < -0.39 is 0 Å². The fourth-order valence-corrected chi connectivity index (χ4v) is 1.41. The molecule has 104 valence electrons. The first-order valence-corrected chi connectivity index (χ1v) is 5.80. The molecule has 2 N–H and O–H groups in total. The maximum absolute atomic E-state index is 8.92. The highest BCUT2D eigenvalue weighted by molar-refractivity contribution is 5.64. The maximum Gasteiger partial charge on any atom is 0.184 e. The zero-order valence-electron chi connectivity index (χ0n) is 11.1. The van der Waals surface area contributed by atoms with Crippen molar-refractivity contribution in [2.45, 2.75) is 0 Å². The van der Waals surface area contributed by atoms with Crippen LogP contribution >= 0.6 is 0 Å². The number of nitrogens with two attached hydrogens (primary N) is 1. The van der Waals surface area contributed by atoms with Gasteiger partial charge in [-0.25, -0.2) is 0 Å². The second-order valence-corrected chi connectivity index (χ2v) is 3.69. The van der Waals surface area contributed by atoms with Crippen LogP contribution in [-0.4, -0.2) is 40.6 Å². The Hall–Kier alpha value is -1.97. The van der Waals surface area contributed by atoms with Gasteiger partial charge in [-0.3, -0.25) is 0 Å². The zero-order chi connectivity index (χ0) is 14.1. The first-order valence-electron chi connectivity index (χ1n) is 5.80. The van der Waals surface area contributed by atoms with Gasteiger partial charge in [-0.1, -0.05) is 0 Å². The molecule has 6 nitrogen and oxygen atoms in total. The zero-order valence-corrected chi connectivity index (χ0v) is 11.1. The van der Waals surface area contributed by atoms with E-state index in [0.29, 0.717) is 49.2 Å². The van der Waals surface area contributed by atoms with Crippen LogP contribution in [0.15, 0.2) is 12.1 Å². The van der Waals surface area contributed by atoms with Crippen molar-refractivity contribution >= 4 is 5.69 Å². The molecule has 1 aromatic carbocycles. The van der Waals surface area contributed by atoms with Gasteiger partial charge in [0.2, 0.25) is 0 Å². The Balaban J connectivity index is 2.87. The molecule has 0 saturated heterocycles. The van der Waals surface area contributed by atoms with Gasteiger partial charge >= 0.3 is 0 Å². The molecular weight excluding hydrogens is 248 g/mol. The fourth-order valence-electron chi connectivity index (χ4n) is 1.41. The van der Waals surface area contributed by atoms with Crippen molar-refractivity contribution < 1.29 is 18.9 Å². The van der Waals surface area contributed by atoms with Crippen LogP contribution in [0.5, 0.6) is 11.5 Å². The van der Waals surface area contributed by atoms with Gasteiger partial charge in [-0.05, 0) is 6.07 Å². The van der Waals surface area contributed by atoms with E-state index in [-0.39, 0.29) is 0 Å². The highest BCUT2D eigenvalue weighted by Gasteiger charge is 2.12. The predicted octanol–water partition coefficient (Wildman–Crippen LogP) is 1.19. The lowest BCUT2D eigenvalue weighted by Gasteiger charge is -2.14. The van der Waals surface area contributed by atoms with E-state index in [1.165, 1.54) is 0 Å². The van der Waals surface area contributed by atoms with Gasteiger partial charge < -0.3 is 24.7 Å². The lowest BCUT2D eigenvalue weighted by Crippen LogP contribution is -2.10. The van der Waals surface area contributed by atoms with Gasteiger partial charge in [-0.15, -0.1) is 0 Å². The molecule has 1 rings (SSSR count). The largest absolute Gasteiger partial charge is 0.487 e. The molecule has 0 aliphatic heterocycles. The summed E-state index contributed by atoms with van der Waals surface area (Å²) in [7, 11) is 3.17. The number of benzene rings is 1. The molecule has 0 fully saturated rings. The molecule has 0 atom stereocenters. The summed E-state index contributed by atoms with van der Waals surface area (Å²) in [5.41, 5.74) is 6.64. The second kappa shape index (κ2) is 8.19. The number of nitrogens with zero attached hydrogens (tertiary/aromatic N) is 1.